The summed E-state index contributed by atoms with van der Waals surface area (Å²) >= 11 is 0. The van der Waals surface area contributed by atoms with Gasteiger partial charge in [-0.15, -0.1) is 0 Å². The Labute approximate surface area is 423 Å². The second-order valence-corrected chi connectivity index (χ2v) is 21.3. The lowest BCUT2D eigenvalue weighted by atomic mass is 9.90. The molecule has 0 spiro atoms. The van der Waals surface area contributed by atoms with Gasteiger partial charge < -0.3 is 38.8 Å². The Hall–Kier alpha value is -6.20. The van der Waals surface area contributed by atoms with Gasteiger partial charge in [-0.25, -0.2) is 35.7 Å². The Bertz CT molecular complexity index is 3200. The number of H-pyrrole nitrogens is 1. The molecule has 0 atom stereocenters. The predicted octanol–water partition coefficient (Wildman–Crippen LogP) is 11.9. The Morgan fingerprint density at radius 3 is 1.61 bits per heavy atom. The standard InChI is InChI=1S/C57H71N9O6/c1-34-19-15-20-35-39(34)33-59-46-36-21-16-24-40(56(8,9)71-31-28-54(4,5)68-13)43(36)50(60-46)62-48-38-23-18-26-42(70-30-27-53(2,3)67-12)45(38)52(64-48)63-47-37-22-17-25-41(44(37)51(61-47)65-49(35)66-58)57(10,11)72-32-29-55(6,7)69-14/h15-26,33H,27-32,58H2,1-14H3,(H2,59,60,61,62,63,64,65,66). The van der Waals surface area contributed by atoms with E-state index in [1.165, 1.54) is 0 Å². The second-order valence-electron chi connectivity index (χ2n) is 21.3. The van der Waals surface area contributed by atoms with Crippen molar-refractivity contribution in [3.05, 3.63) is 95.7 Å². The first-order valence-corrected chi connectivity index (χ1v) is 24.6. The van der Waals surface area contributed by atoms with Crippen LogP contribution in [0.2, 0.25) is 0 Å². The molecular weight excluding hydrogens is 907 g/mol. The molecule has 0 fully saturated rings. The molecule has 0 amide bonds. The Balaban J connectivity index is 1.46. The molecule has 8 rings (SSSR count). The number of nitrogens with one attached hydrogen (secondary N) is 2. The summed E-state index contributed by atoms with van der Waals surface area (Å²) in [5.74, 6) is 9.24. The molecule has 2 aromatic heterocycles. The highest BCUT2D eigenvalue weighted by molar-refractivity contribution is 6.08. The SMILES string of the molecule is COC(C)(C)CCOc1cccc2c3nc4nc(ncc5c(C)cccc5c(NN)nc5nc(nc([nH]3)c12)-c1cccc(C(C)(C)OCCC(C)(C)OC)c1-5)-c1cccc(C(C)(C)OCCC(C)(C)OC)c1-4. The molecule has 4 aromatic carbocycles. The summed E-state index contributed by atoms with van der Waals surface area (Å²) in [7, 11) is 5.15. The van der Waals surface area contributed by atoms with Crippen molar-refractivity contribution >= 4 is 38.7 Å². The number of rotatable bonds is 18. The minimum atomic E-state index is -0.789. The number of anilines is 1. The number of aromatic nitrogens is 7. The highest BCUT2D eigenvalue weighted by Crippen LogP contribution is 2.45. The van der Waals surface area contributed by atoms with E-state index < -0.39 is 16.8 Å². The predicted molar refractivity (Wildman–Crippen MR) is 286 cm³/mol. The highest BCUT2D eigenvalue weighted by Gasteiger charge is 2.34. The summed E-state index contributed by atoms with van der Waals surface area (Å²) in [5, 5.41) is 3.00. The number of fused-ring (bicyclic) bond motifs is 16. The van der Waals surface area contributed by atoms with Gasteiger partial charge in [0, 0.05) is 72.4 Å². The third-order valence-corrected chi connectivity index (χ3v) is 14.2. The second kappa shape index (κ2) is 20.4. The summed E-state index contributed by atoms with van der Waals surface area (Å²) in [5.41, 5.74) is 7.15. The molecule has 0 radical (unpaired) electrons. The number of aromatic amines is 1. The van der Waals surface area contributed by atoms with Crippen molar-refractivity contribution in [2.45, 2.75) is 123 Å². The fraction of sp³-hybridized carbons (Fsp3) is 0.439. The number of hydrazine groups is 1. The van der Waals surface area contributed by atoms with Crippen LogP contribution in [0.15, 0.2) is 79.0 Å². The van der Waals surface area contributed by atoms with Crippen LogP contribution in [0.3, 0.4) is 0 Å². The van der Waals surface area contributed by atoms with Gasteiger partial charge in [0.2, 0.25) is 0 Å². The zero-order valence-corrected chi connectivity index (χ0v) is 44.5. The van der Waals surface area contributed by atoms with Crippen LogP contribution < -0.4 is 16.0 Å². The maximum atomic E-state index is 6.71. The summed E-state index contributed by atoms with van der Waals surface area (Å²) < 4.78 is 37.3. The number of nitrogen functional groups attached to an aromatic ring is 1. The molecular formula is C57H71N9O6. The van der Waals surface area contributed by atoms with Crippen LogP contribution in [0.25, 0.3) is 78.4 Å². The van der Waals surface area contributed by atoms with Crippen molar-refractivity contribution in [1.82, 2.24) is 34.9 Å². The van der Waals surface area contributed by atoms with Gasteiger partial charge in [-0.2, -0.15) is 0 Å². The van der Waals surface area contributed by atoms with E-state index in [1.807, 2.05) is 87.6 Å². The van der Waals surface area contributed by atoms with Crippen molar-refractivity contribution in [1.29, 1.82) is 0 Å². The minimum Gasteiger partial charge on any atom is -0.493 e. The minimum absolute atomic E-state index is 0.355. The Kier molecular flexibility index (Phi) is 14.7. The van der Waals surface area contributed by atoms with Crippen LogP contribution in [-0.2, 0) is 34.9 Å². The van der Waals surface area contributed by atoms with Gasteiger partial charge in [0.05, 0.1) is 53.2 Å². The third kappa shape index (κ3) is 10.8. The van der Waals surface area contributed by atoms with Gasteiger partial charge in [0.15, 0.2) is 23.3 Å². The zero-order valence-electron chi connectivity index (χ0n) is 44.5. The van der Waals surface area contributed by atoms with Gasteiger partial charge in [0.1, 0.15) is 22.9 Å². The molecule has 0 aliphatic carbocycles. The fourth-order valence-corrected chi connectivity index (χ4v) is 8.89. The average molecular weight is 978 g/mol. The lowest BCUT2D eigenvalue weighted by Gasteiger charge is -2.30. The quantitative estimate of drug-likeness (QED) is 0.0544. The molecule has 2 aliphatic rings. The van der Waals surface area contributed by atoms with Crippen LogP contribution in [-0.4, -0.2) is 92.8 Å². The number of nitrogens with two attached hydrogens (primary N) is 1. The molecule has 6 aromatic rings. The normalized spacial score (nSPS) is 13.0. The van der Waals surface area contributed by atoms with E-state index in [9.17, 15) is 0 Å². The number of ether oxygens (including phenoxy) is 6. The Morgan fingerprint density at radius 2 is 1.03 bits per heavy atom. The van der Waals surface area contributed by atoms with Gasteiger partial charge in [-0.3, -0.25) is 0 Å². The maximum Gasteiger partial charge on any atom is 0.165 e. The van der Waals surface area contributed by atoms with Gasteiger partial charge in [0.25, 0.3) is 0 Å². The van der Waals surface area contributed by atoms with Gasteiger partial charge >= 0.3 is 0 Å². The number of nitrogens with zero attached hydrogens (tertiary/aromatic N) is 6. The molecule has 0 saturated heterocycles. The van der Waals surface area contributed by atoms with Crippen molar-refractivity contribution in [2.24, 2.45) is 5.84 Å². The molecule has 4 N–H and O–H groups in total. The maximum absolute atomic E-state index is 6.71. The van der Waals surface area contributed by atoms with Crippen molar-refractivity contribution < 1.29 is 28.4 Å². The largest absolute Gasteiger partial charge is 0.493 e. The summed E-state index contributed by atoms with van der Waals surface area (Å²) in [6.07, 6.45) is 3.84. The third-order valence-electron chi connectivity index (χ3n) is 14.2. The van der Waals surface area contributed by atoms with Gasteiger partial charge in [-0.05, 0) is 112 Å². The topological polar surface area (TPSA) is 187 Å². The number of hydrogen-bond donors (Lipinski definition) is 3. The molecule has 2 aliphatic heterocycles. The molecule has 380 valence electrons. The number of aryl methyl sites for hydroxylation is 1. The molecule has 0 unspecified atom stereocenters. The van der Waals surface area contributed by atoms with E-state index in [2.05, 4.69) is 77.9 Å². The van der Waals surface area contributed by atoms with E-state index in [0.717, 1.165) is 55.1 Å². The van der Waals surface area contributed by atoms with E-state index in [-0.39, 0.29) is 11.2 Å². The lowest BCUT2D eigenvalue weighted by molar-refractivity contribution is -0.0612. The molecule has 4 heterocycles. The summed E-state index contributed by atoms with van der Waals surface area (Å²) in [6.45, 7) is 23.9. The average Bonchev–Trinajstić information content (AvgIpc) is 4.00. The van der Waals surface area contributed by atoms with E-state index in [4.69, 9.17) is 64.2 Å². The first kappa shape index (κ1) is 52.1. The summed E-state index contributed by atoms with van der Waals surface area (Å²) in [4.78, 5) is 35.3. The zero-order chi connectivity index (χ0) is 51.8. The van der Waals surface area contributed by atoms with Crippen molar-refractivity contribution in [2.75, 3.05) is 46.6 Å². The fourth-order valence-electron chi connectivity index (χ4n) is 8.89. The smallest absolute Gasteiger partial charge is 0.165 e. The van der Waals surface area contributed by atoms with Crippen LogP contribution in [0.1, 0.15) is 105 Å². The summed E-state index contributed by atoms with van der Waals surface area (Å²) in [6, 6.07) is 24.1. The van der Waals surface area contributed by atoms with Crippen molar-refractivity contribution in [3.63, 3.8) is 0 Å². The van der Waals surface area contributed by atoms with Crippen LogP contribution in [0.4, 0.5) is 5.82 Å². The number of benzene rings is 4. The van der Waals surface area contributed by atoms with Gasteiger partial charge in [-0.1, -0.05) is 66.7 Å². The van der Waals surface area contributed by atoms with Crippen LogP contribution in [0.5, 0.6) is 5.75 Å². The molecule has 15 nitrogen and oxygen atoms in total. The van der Waals surface area contributed by atoms with E-state index in [1.54, 1.807) is 21.3 Å². The Morgan fingerprint density at radius 1 is 0.528 bits per heavy atom. The number of hydrogen-bond acceptors (Lipinski definition) is 14. The van der Waals surface area contributed by atoms with E-state index in [0.29, 0.717) is 90.6 Å². The highest BCUT2D eigenvalue weighted by atomic mass is 16.5. The van der Waals surface area contributed by atoms with Crippen molar-refractivity contribution in [3.8, 4) is 51.3 Å². The molecule has 0 saturated carbocycles. The number of methoxy groups -OCH3 is 3. The lowest BCUT2D eigenvalue weighted by Crippen LogP contribution is -2.29. The first-order chi connectivity index (χ1) is 34.1. The van der Waals surface area contributed by atoms with E-state index >= 15 is 0 Å². The molecule has 72 heavy (non-hydrogen) atoms. The first-order valence-electron chi connectivity index (χ1n) is 24.6. The van der Waals surface area contributed by atoms with Crippen LogP contribution >= 0.6 is 0 Å². The molecule has 15 heteroatoms. The molecule has 6 bridgehead atoms. The monoisotopic (exact) mass is 978 g/mol. The van der Waals surface area contributed by atoms with Crippen LogP contribution in [0, 0.1) is 6.92 Å².